The van der Waals surface area contributed by atoms with Gasteiger partial charge in [-0.25, -0.2) is 0 Å². The van der Waals surface area contributed by atoms with E-state index in [0.29, 0.717) is 0 Å². The first-order valence-electron chi connectivity index (χ1n) is 4.56. The van der Waals surface area contributed by atoms with Crippen LogP contribution < -0.4 is 5.73 Å². The Balaban J connectivity index is 0.00000169. The Hall–Kier alpha value is 0.0300. The molecule has 0 aromatic heterocycles. The molecule has 1 fully saturated rings. The topological polar surface area (TPSA) is 56.4 Å². The van der Waals surface area contributed by atoms with E-state index >= 15 is 0 Å². The fourth-order valence-electron chi connectivity index (χ4n) is 1.36. The molecule has 0 spiro atoms. The number of amidine groups is 1. The van der Waals surface area contributed by atoms with Crippen LogP contribution in [0.3, 0.4) is 0 Å². The predicted molar refractivity (Wildman–Crippen MR) is 65.6 cm³/mol. The van der Waals surface area contributed by atoms with Gasteiger partial charge in [-0.15, -0.1) is 12.4 Å². The molecule has 0 amide bonds. The molecule has 1 rings (SSSR count). The van der Waals surface area contributed by atoms with Crippen LogP contribution in [0.2, 0.25) is 0 Å². The number of thioether (sulfide) groups is 1. The van der Waals surface area contributed by atoms with Crippen molar-refractivity contribution in [2.45, 2.75) is 0 Å². The molecule has 4 nitrogen and oxygen atoms in total. The zero-order chi connectivity index (χ0) is 9.68. The second-order valence-corrected chi connectivity index (χ2v) is 4.49. The predicted octanol–water partition coefficient (Wildman–Crippen LogP) is 0.282. The minimum Gasteiger partial charge on any atom is -0.379 e. The van der Waals surface area contributed by atoms with Crippen molar-refractivity contribution in [1.82, 2.24) is 9.80 Å². The number of nitrogens with zero attached hydrogens (tertiary/aromatic N) is 2. The third-order valence-electron chi connectivity index (χ3n) is 2.26. The van der Waals surface area contributed by atoms with Crippen molar-refractivity contribution >= 4 is 29.3 Å². The minimum absolute atomic E-state index is 0. The lowest BCUT2D eigenvalue weighted by Gasteiger charge is -2.32. The van der Waals surface area contributed by atoms with Gasteiger partial charge in [-0.05, 0) is 7.05 Å². The van der Waals surface area contributed by atoms with E-state index in [9.17, 15) is 0 Å². The summed E-state index contributed by atoms with van der Waals surface area (Å²) in [5, 5.41) is 7.29. The highest BCUT2D eigenvalue weighted by atomic mass is 35.5. The largest absolute Gasteiger partial charge is 0.379 e. The van der Waals surface area contributed by atoms with Crippen molar-refractivity contribution < 1.29 is 0 Å². The first kappa shape index (κ1) is 14.0. The van der Waals surface area contributed by atoms with Gasteiger partial charge in [-0.2, -0.15) is 0 Å². The van der Waals surface area contributed by atoms with Crippen LogP contribution in [0.1, 0.15) is 0 Å². The van der Waals surface area contributed by atoms with Gasteiger partial charge < -0.3 is 10.6 Å². The highest BCUT2D eigenvalue weighted by Crippen LogP contribution is 2.02. The summed E-state index contributed by atoms with van der Waals surface area (Å²) in [7, 11) is 2.15. The van der Waals surface area contributed by atoms with Gasteiger partial charge in [0.2, 0.25) is 0 Å². The molecular formula is C8H19ClN4S. The Morgan fingerprint density at radius 2 is 1.93 bits per heavy atom. The van der Waals surface area contributed by atoms with Crippen LogP contribution >= 0.6 is 24.2 Å². The Kier molecular flexibility index (Phi) is 7.35. The first-order valence-corrected chi connectivity index (χ1v) is 5.55. The molecule has 0 atom stereocenters. The summed E-state index contributed by atoms with van der Waals surface area (Å²) in [5.41, 5.74) is 5.25. The van der Waals surface area contributed by atoms with Crippen LogP contribution in [0, 0.1) is 5.41 Å². The number of piperazine rings is 1. The molecule has 84 valence electrons. The Bertz CT molecular complexity index is 171. The monoisotopic (exact) mass is 238 g/mol. The maximum absolute atomic E-state index is 7.06. The standard InChI is InChI=1S/C8H18N4S.ClH/c1-11-2-4-12(5-3-11)6-7-13-8(9)10;/h2-7H2,1H3,(H3,9,10);1H. The third kappa shape index (κ3) is 5.70. The van der Waals surface area contributed by atoms with Gasteiger partial charge >= 0.3 is 0 Å². The maximum Gasteiger partial charge on any atom is 0.151 e. The van der Waals surface area contributed by atoms with Crippen LogP contribution in [0.4, 0.5) is 0 Å². The van der Waals surface area contributed by atoms with E-state index in [1.54, 1.807) is 0 Å². The quantitative estimate of drug-likeness (QED) is 0.548. The second kappa shape index (κ2) is 7.34. The van der Waals surface area contributed by atoms with Gasteiger partial charge in [0, 0.05) is 38.5 Å². The molecular weight excluding hydrogens is 220 g/mol. The molecule has 3 N–H and O–H groups in total. The molecule has 14 heavy (non-hydrogen) atoms. The summed E-state index contributed by atoms with van der Waals surface area (Å²) in [6.07, 6.45) is 0. The van der Waals surface area contributed by atoms with E-state index in [2.05, 4.69) is 16.8 Å². The molecule has 0 radical (unpaired) electrons. The Morgan fingerprint density at radius 1 is 1.36 bits per heavy atom. The van der Waals surface area contributed by atoms with Crippen molar-refractivity contribution in [3.63, 3.8) is 0 Å². The molecule has 1 aliphatic rings. The third-order valence-corrected chi connectivity index (χ3v) is 2.96. The van der Waals surface area contributed by atoms with E-state index in [-0.39, 0.29) is 17.6 Å². The molecule has 0 unspecified atom stereocenters. The van der Waals surface area contributed by atoms with E-state index in [0.717, 1.165) is 38.5 Å². The maximum atomic E-state index is 7.06. The molecule has 0 aromatic rings. The van der Waals surface area contributed by atoms with E-state index < -0.39 is 0 Å². The average Bonchev–Trinajstić information content (AvgIpc) is 2.08. The van der Waals surface area contributed by atoms with Gasteiger partial charge in [0.1, 0.15) is 0 Å². The van der Waals surface area contributed by atoms with Crippen LogP contribution in [0.15, 0.2) is 0 Å². The SMILES string of the molecule is CN1CCN(CCSC(=N)N)CC1.Cl. The summed E-state index contributed by atoms with van der Waals surface area (Å²) >= 11 is 1.43. The van der Waals surface area contributed by atoms with Gasteiger partial charge in [-0.1, -0.05) is 11.8 Å². The second-order valence-electron chi connectivity index (χ2n) is 3.36. The van der Waals surface area contributed by atoms with Gasteiger partial charge in [-0.3, -0.25) is 10.3 Å². The highest BCUT2D eigenvalue weighted by Gasteiger charge is 2.12. The van der Waals surface area contributed by atoms with Crippen LogP contribution in [0.25, 0.3) is 0 Å². The van der Waals surface area contributed by atoms with Crippen molar-refractivity contribution in [2.75, 3.05) is 45.5 Å². The van der Waals surface area contributed by atoms with Gasteiger partial charge in [0.05, 0.1) is 0 Å². The number of hydrogen-bond acceptors (Lipinski definition) is 4. The van der Waals surface area contributed by atoms with Crippen molar-refractivity contribution in [3.8, 4) is 0 Å². The van der Waals surface area contributed by atoms with Crippen molar-refractivity contribution in [1.29, 1.82) is 5.41 Å². The smallest absolute Gasteiger partial charge is 0.151 e. The van der Waals surface area contributed by atoms with Gasteiger partial charge in [0.15, 0.2) is 5.17 Å². The summed E-state index contributed by atoms with van der Waals surface area (Å²) < 4.78 is 0. The van der Waals surface area contributed by atoms with E-state index in [1.165, 1.54) is 11.8 Å². The van der Waals surface area contributed by atoms with Crippen LogP contribution in [-0.2, 0) is 0 Å². The summed E-state index contributed by atoms with van der Waals surface area (Å²) in [6, 6.07) is 0. The molecule has 0 aliphatic carbocycles. The highest BCUT2D eigenvalue weighted by molar-refractivity contribution is 8.13. The molecule has 0 aromatic carbocycles. The number of nitrogens with two attached hydrogens (primary N) is 1. The van der Waals surface area contributed by atoms with Crippen molar-refractivity contribution in [2.24, 2.45) is 5.73 Å². The van der Waals surface area contributed by atoms with Crippen molar-refractivity contribution in [3.05, 3.63) is 0 Å². The minimum atomic E-state index is 0. The normalized spacial score (nSPS) is 18.9. The first-order chi connectivity index (χ1) is 6.18. The number of nitrogens with one attached hydrogen (secondary N) is 1. The molecule has 1 saturated heterocycles. The van der Waals surface area contributed by atoms with Gasteiger partial charge in [0.25, 0.3) is 0 Å². The zero-order valence-corrected chi connectivity index (χ0v) is 10.2. The Morgan fingerprint density at radius 3 is 2.43 bits per heavy atom. The van der Waals surface area contributed by atoms with E-state index in [1.807, 2.05) is 0 Å². The molecule has 1 heterocycles. The van der Waals surface area contributed by atoms with Crippen LogP contribution in [0.5, 0.6) is 0 Å². The number of halogens is 1. The molecule has 1 aliphatic heterocycles. The lowest BCUT2D eigenvalue weighted by Crippen LogP contribution is -2.45. The summed E-state index contributed by atoms with van der Waals surface area (Å²) in [4.78, 5) is 4.77. The molecule has 6 heteroatoms. The molecule has 0 saturated carbocycles. The lowest BCUT2D eigenvalue weighted by atomic mass is 10.3. The Labute approximate surface area is 96.1 Å². The molecule has 0 bridgehead atoms. The number of hydrogen-bond donors (Lipinski definition) is 2. The summed E-state index contributed by atoms with van der Waals surface area (Å²) in [5.74, 6) is 0.943. The zero-order valence-electron chi connectivity index (χ0n) is 8.53. The fraction of sp³-hybridized carbons (Fsp3) is 0.875. The number of rotatable bonds is 3. The fourth-order valence-corrected chi connectivity index (χ4v) is 1.93. The lowest BCUT2D eigenvalue weighted by molar-refractivity contribution is 0.161. The van der Waals surface area contributed by atoms with Crippen LogP contribution in [-0.4, -0.2) is 60.5 Å². The summed E-state index contributed by atoms with van der Waals surface area (Å²) in [6.45, 7) is 5.66. The average molecular weight is 239 g/mol. The number of likely N-dealkylation sites (N-methyl/N-ethyl adjacent to an activating group) is 1. The van der Waals surface area contributed by atoms with E-state index in [4.69, 9.17) is 11.1 Å².